The Labute approximate surface area is 170 Å². The van der Waals surface area contributed by atoms with E-state index in [1.807, 2.05) is 48.0 Å². The van der Waals surface area contributed by atoms with Crippen molar-refractivity contribution in [1.29, 1.82) is 0 Å². The van der Waals surface area contributed by atoms with Gasteiger partial charge in [0.1, 0.15) is 0 Å². The van der Waals surface area contributed by atoms with Crippen molar-refractivity contribution >= 4 is 40.3 Å². The van der Waals surface area contributed by atoms with Gasteiger partial charge < -0.3 is 4.74 Å². The number of hydrogen-bond donors (Lipinski definition) is 0. The van der Waals surface area contributed by atoms with E-state index in [-0.39, 0.29) is 18.6 Å². The normalized spacial score (nSPS) is 16.1. The van der Waals surface area contributed by atoms with E-state index in [4.69, 9.17) is 4.74 Å². The highest BCUT2D eigenvalue weighted by Gasteiger charge is 2.34. The van der Waals surface area contributed by atoms with E-state index >= 15 is 0 Å². The highest BCUT2D eigenvalue weighted by molar-refractivity contribution is 7.12. The Hall–Kier alpha value is -2.77. The summed E-state index contributed by atoms with van der Waals surface area (Å²) >= 11 is 3.19. The van der Waals surface area contributed by atoms with Crippen LogP contribution in [0.15, 0.2) is 64.4 Å². The Morgan fingerprint density at radius 1 is 1.14 bits per heavy atom. The first-order valence-electron chi connectivity index (χ1n) is 8.82. The van der Waals surface area contributed by atoms with Crippen LogP contribution in [0.25, 0.3) is 0 Å². The fourth-order valence-electron chi connectivity index (χ4n) is 3.08. The molecule has 2 aromatic heterocycles. The van der Waals surface area contributed by atoms with Crippen molar-refractivity contribution in [2.45, 2.75) is 19.4 Å². The topological polar surface area (TPSA) is 59.0 Å². The molecule has 1 amide bonds. The lowest BCUT2D eigenvalue weighted by atomic mass is 10.1. The molecule has 0 N–H and O–H groups in total. The molecule has 1 atom stereocenters. The molecule has 3 aromatic rings. The van der Waals surface area contributed by atoms with Gasteiger partial charge in [0.05, 0.1) is 22.2 Å². The molecule has 1 unspecified atom stereocenters. The maximum absolute atomic E-state index is 12.8. The van der Waals surface area contributed by atoms with Crippen molar-refractivity contribution in [3.8, 4) is 0 Å². The van der Waals surface area contributed by atoms with Crippen molar-refractivity contribution in [3.05, 3.63) is 80.2 Å². The number of thiophene rings is 2. The molecule has 0 saturated heterocycles. The van der Waals surface area contributed by atoms with Crippen LogP contribution >= 0.6 is 22.7 Å². The molecule has 0 saturated carbocycles. The zero-order valence-corrected chi connectivity index (χ0v) is 16.8. The van der Waals surface area contributed by atoms with Crippen LogP contribution < -0.4 is 0 Å². The van der Waals surface area contributed by atoms with E-state index in [0.717, 1.165) is 21.0 Å². The van der Waals surface area contributed by atoms with Gasteiger partial charge in [-0.05, 0) is 41.9 Å². The molecule has 1 aliphatic heterocycles. The minimum absolute atomic E-state index is 0.165. The number of benzene rings is 1. The van der Waals surface area contributed by atoms with Crippen LogP contribution in [0.4, 0.5) is 0 Å². The van der Waals surface area contributed by atoms with Crippen LogP contribution in [-0.2, 0) is 9.53 Å². The van der Waals surface area contributed by atoms with Gasteiger partial charge in [0.25, 0.3) is 5.91 Å². The summed E-state index contributed by atoms with van der Waals surface area (Å²) in [6.45, 7) is 1.56. The minimum Gasteiger partial charge on any atom is -0.452 e. The van der Waals surface area contributed by atoms with Gasteiger partial charge >= 0.3 is 5.97 Å². The molecule has 1 aliphatic rings. The zero-order chi connectivity index (χ0) is 19.5. The molecule has 0 bridgehead atoms. The predicted octanol–water partition coefficient (Wildman–Crippen LogP) is 4.65. The second-order valence-corrected chi connectivity index (χ2v) is 8.37. The summed E-state index contributed by atoms with van der Waals surface area (Å²) in [5, 5.41) is 10.00. The molecule has 0 aliphatic carbocycles. The third kappa shape index (κ3) is 3.90. The lowest BCUT2D eigenvalue weighted by molar-refractivity contribution is -0.136. The molecule has 7 heteroatoms. The number of hydrazone groups is 1. The molecular weight excluding hydrogens is 392 g/mol. The number of amides is 1. The lowest BCUT2D eigenvalue weighted by Crippen LogP contribution is -2.31. The summed E-state index contributed by atoms with van der Waals surface area (Å²) in [6.07, 6.45) is 0.651. The van der Waals surface area contributed by atoms with Crippen molar-refractivity contribution < 1.29 is 14.3 Å². The largest absolute Gasteiger partial charge is 0.452 e. The molecule has 0 radical (unpaired) electrons. The molecule has 4 rings (SSSR count). The number of rotatable bonds is 5. The standard InChI is InChI=1S/C21H18N2O3S2/c1-14-5-2-6-15(11-14)21(25)26-13-20(24)23-17(19-8-4-10-28-19)12-16(22-23)18-7-3-9-27-18/h2-11,17H,12-13H2,1H3. The Bertz CT molecular complexity index is 1010. The number of ether oxygens (including phenoxy) is 1. The third-order valence-corrected chi connectivity index (χ3v) is 6.32. The third-order valence-electron chi connectivity index (χ3n) is 4.42. The van der Waals surface area contributed by atoms with Gasteiger partial charge in [0, 0.05) is 11.3 Å². The quantitative estimate of drug-likeness (QED) is 0.575. The maximum Gasteiger partial charge on any atom is 0.338 e. The van der Waals surface area contributed by atoms with Gasteiger partial charge in [-0.1, -0.05) is 29.8 Å². The van der Waals surface area contributed by atoms with Crippen LogP contribution in [0.3, 0.4) is 0 Å². The average molecular weight is 411 g/mol. The van der Waals surface area contributed by atoms with Gasteiger partial charge in [0.15, 0.2) is 6.61 Å². The molecule has 1 aromatic carbocycles. The lowest BCUT2D eigenvalue weighted by Gasteiger charge is -2.20. The maximum atomic E-state index is 12.8. The van der Waals surface area contributed by atoms with E-state index in [2.05, 4.69) is 5.10 Å². The number of esters is 1. The van der Waals surface area contributed by atoms with Gasteiger partial charge in [-0.2, -0.15) is 5.10 Å². The molecule has 28 heavy (non-hydrogen) atoms. The summed E-state index contributed by atoms with van der Waals surface area (Å²) in [5.41, 5.74) is 2.28. The smallest absolute Gasteiger partial charge is 0.338 e. The van der Waals surface area contributed by atoms with Gasteiger partial charge in [-0.25, -0.2) is 9.80 Å². The van der Waals surface area contributed by atoms with Crippen LogP contribution in [0, 0.1) is 6.92 Å². The van der Waals surface area contributed by atoms with Gasteiger partial charge in [-0.15, -0.1) is 22.7 Å². The highest BCUT2D eigenvalue weighted by Crippen LogP contribution is 2.35. The molecular formula is C21H18N2O3S2. The van der Waals surface area contributed by atoms with Gasteiger partial charge in [-0.3, -0.25) is 4.79 Å². The molecule has 142 valence electrons. The van der Waals surface area contributed by atoms with E-state index in [1.165, 1.54) is 5.01 Å². The average Bonchev–Trinajstić information content (AvgIpc) is 3.46. The van der Waals surface area contributed by atoms with Crippen molar-refractivity contribution in [2.75, 3.05) is 6.61 Å². The Kier molecular flexibility index (Phi) is 5.36. The fourth-order valence-corrected chi connectivity index (χ4v) is 4.62. The second-order valence-electron chi connectivity index (χ2n) is 6.44. The zero-order valence-electron chi connectivity index (χ0n) is 15.2. The summed E-state index contributed by atoms with van der Waals surface area (Å²) in [6, 6.07) is 14.9. The van der Waals surface area contributed by atoms with Crippen LogP contribution in [0.5, 0.6) is 0 Å². The van der Waals surface area contributed by atoms with Crippen LogP contribution in [-0.4, -0.2) is 29.2 Å². The van der Waals surface area contributed by atoms with Crippen molar-refractivity contribution in [3.63, 3.8) is 0 Å². The Balaban J connectivity index is 1.49. The summed E-state index contributed by atoms with van der Waals surface area (Å²) in [5.74, 6) is -0.836. The SMILES string of the molecule is Cc1cccc(C(=O)OCC(=O)N2N=C(c3cccs3)CC2c2cccs2)c1. The van der Waals surface area contributed by atoms with Crippen LogP contribution in [0.1, 0.15) is 38.1 Å². The Morgan fingerprint density at radius 3 is 2.68 bits per heavy atom. The van der Waals surface area contributed by atoms with E-state index < -0.39 is 5.97 Å². The first kappa shape index (κ1) is 18.6. The van der Waals surface area contributed by atoms with Gasteiger partial charge in [0.2, 0.25) is 0 Å². The number of hydrogen-bond acceptors (Lipinski definition) is 6. The Morgan fingerprint density at radius 2 is 1.96 bits per heavy atom. The van der Waals surface area contributed by atoms with Crippen molar-refractivity contribution in [2.24, 2.45) is 5.10 Å². The molecule has 3 heterocycles. The number of carbonyl (C=O) groups excluding carboxylic acids is 2. The number of nitrogens with zero attached hydrogens (tertiary/aromatic N) is 2. The van der Waals surface area contributed by atoms with Crippen molar-refractivity contribution in [1.82, 2.24) is 5.01 Å². The monoisotopic (exact) mass is 410 g/mol. The van der Waals surface area contributed by atoms with E-state index in [0.29, 0.717) is 12.0 Å². The minimum atomic E-state index is -0.508. The molecule has 5 nitrogen and oxygen atoms in total. The first-order valence-corrected chi connectivity index (χ1v) is 10.6. The second kappa shape index (κ2) is 8.08. The number of aryl methyl sites for hydroxylation is 1. The predicted molar refractivity (Wildman–Crippen MR) is 111 cm³/mol. The highest BCUT2D eigenvalue weighted by atomic mass is 32.1. The molecule has 0 fully saturated rings. The summed E-state index contributed by atoms with van der Waals surface area (Å²) in [7, 11) is 0. The fraction of sp³-hybridized carbons (Fsp3) is 0.190. The molecule has 0 spiro atoms. The van der Waals surface area contributed by atoms with Crippen LogP contribution in [0.2, 0.25) is 0 Å². The van der Waals surface area contributed by atoms with E-state index in [1.54, 1.807) is 40.9 Å². The van der Waals surface area contributed by atoms with E-state index in [9.17, 15) is 9.59 Å². The first-order chi connectivity index (χ1) is 13.6. The number of carbonyl (C=O) groups is 2. The summed E-state index contributed by atoms with van der Waals surface area (Å²) in [4.78, 5) is 27.2. The summed E-state index contributed by atoms with van der Waals surface area (Å²) < 4.78 is 5.26.